The summed E-state index contributed by atoms with van der Waals surface area (Å²) in [5, 5.41) is 0. The molecule has 0 aromatic heterocycles. The number of hydrogen-bond donors (Lipinski definition) is 0. The molecule has 0 N–H and O–H groups in total. The normalized spacial score (nSPS) is 17.4. The molecule has 16 heavy (non-hydrogen) atoms. The van der Waals surface area contributed by atoms with Crippen LogP contribution in [0.5, 0.6) is 11.5 Å². The van der Waals surface area contributed by atoms with Crippen molar-refractivity contribution >= 4 is 6.29 Å². The maximum absolute atomic E-state index is 11.1. The van der Waals surface area contributed by atoms with Crippen molar-refractivity contribution in [3.63, 3.8) is 0 Å². The summed E-state index contributed by atoms with van der Waals surface area (Å²) in [7, 11) is 3.16. The summed E-state index contributed by atoms with van der Waals surface area (Å²) in [4.78, 5) is 11.1. The summed E-state index contributed by atoms with van der Waals surface area (Å²) in [6.07, 6.45) is 0.942. The molecule has 0 atom stereocenters. The molecule has 1 aliphatic heterocycles. The van der Waals surface area contributed by atoms with E-state index in [2.05, 4.69) is 0 Å². The molecular weight excluding hydrogens is 208 g/mol. The number of carbonyl (C=O) groups is 1. The first-order valence-electron chi connectivity index (χ1n) is 5.02. The van der Waals surface area contributed by atoms with Gasteiger partial charge in [0.25, 0.3) is 0 Å². The minimum Gasteiger partial charge on any atom is -0.493 e. The van der Waals surface area contributed by atoms with Gasteiger partial charge in [0.15, 0.2) is 11.5 Å². The van der Waals surface area contributed by atoms with E-state index in [0.29, 0.717) is 24.7 Å². The van der Waals surface area contributed by atoms with Crippen LogP contribution in [0.25, 0.3) is 0 Å². The van der Waals surface area contributed by atoms with E-state index >= 15 is 0 Å². The molecule has 2 rings (SSSR count). The topological polar surface area (TPSA) is 44.8 Å². The maximum atomic E-state index is 11.1. The molecule has 1 saturated heterocycles. The molecule has 1 fully saturated rings. The van der Waals surface area contributed by atoms with Gasteiger partial charge in [-0.1, -0.05) is 6.07 Å². The largest absolute Gasteiger partial charge is 0.493 e. The Balaban J connectivity index is 2.39. The highest BCUT2D eigenvalue weighted by Gasteiger charge is 2.40. The van der Waals surface area contributed by atoms with Gasteiger partial charge in [-0.25, -0.2) is 0 Å². The minimum absolute atomic E-state index is 0.436. The quantitative estimate of drug-likeness (QED) is 0.717. The molecule has 0 bridgehead atoms. The Morgan fingerprint density at radius 3 is 2.38 bits per heavy atom. The van der Waals surface area contributed by atoms with Crippen LogP contribution in [0.3, 0.4) is 0 Å². The lowest BCUT2D eigenvalue weighted by molar-refractivity contribution is -0.129. The number of methoxy groups -OCH3 is 2. The van der Waals surface area contributed by atoms with Crippen molar-refractivity contribution in [1.82, 2.24) is 0 Å². The first-order valence-corrected chi connectivity index (χ1v) is 5.02. The van der Waals surface area contributed by atoms with Gasteiger partial charge in [0.2, 0.25) is 0 Å². The van der Waals surface area contributed by atoms with Gasteiger partial charge in [-0.15, -0.1) is 0 Å². The van der Waals surface area contributed by atoms with Gasteiger partial charge in [-0.2, -0.15) is 0 Å². The third-order valence-electron chi connectivity index (χ3n) is 2.90. The standard InChI is InChI=1S/C12H14O4/c1-14-10-4-3-9(5-11(10)15-2)12(6-13)7-16-8-12/h3-6H,7-8H2,1-2H3. The second-order valence-electron chi connectivity index (χ2n) is 3.84. The first-order chi connectivity index (χ1) is 7.75. The Hall–Kier alpha value is -1.55. The van der Waals surface area contributed by atoms with Crippen LogP contribution in [0.15, 0.2) is 18.2 Å². The zero-order valence-corrected chi connectivity index (χ0v) is 9.36. The molecular formula is C12H14O4. The van der Waals surface area contributed by atoms with Crippen LogP contribution in [0.4, 0.5) is 0 Å². The van der Waals surface area contributed by atoms with Gasteiger partial charge < -0.3 is 19.0 Å². The van der Waals surface area contributed by atoms with E-state index in [9.17, 15) is 4.79 Å². The van der Waals surface area contributed by atoms with Crippen molar-refractivity contribution in [1.29, 1.82) is 0 Å². The molecule has 0 spiro atoms. The number of rotatable bonds is 4. The van der Waals surface area contributed by atoms with E-state index in [1.165, 1.54) is 0 Å². The fraction of sp³-hybridized carbons (Fsp3) is 0.417. The third kappa shape index (κ3) is 1.55. The van der Waals surface area contributed by atoms with Crippen LogP contribution in [0.2, 0.25) is 0 Å². The van der Waals surface area contributed by atoms with Crippen molar-refractivity contribution in [3.05, 3.63) is 23.8 Å². The van der Waals surface area contributed by atoms with Gasteiger partial charge >= 0.3 is 0 Å². The van der Waals surface area contributed by atoms with Crippen LogP contribution in [0.1, 0.15) is 5.56 Å². The summed E-state index contributed by atoms with van der Waals surface area (Å²) < 4.78 is 15.5. The summed E-state index contributed by atoms with van der Waals surface area (Å²) in [5.41, 5.74) is 0.408. The summed E-state index contributed by atoms with van der Waals surface area (Å²) >= 11 is 0. The van der Waals surface area contributed by atoms with Crippen LogP contribution < -0.4 is 9.47 Å². The lowest BCUT2D eigenvalue weighted by Gasteiger charge is -2.37. The fourth-order valence-corrected chi connectivity index (χ4v) is 1.77. The summed E-state index contributed by atoms with van der Waals surface area (Å²) in [6, 6.07) is 5.51. The van der Waals surface area contributed by atoms with Crippen LogP contribution >= 0.6 is 0 Å². The van der Waals surface area contributed by atoms with E-state index in [0.717, 1.165) is 11.8 Å². The molecule has 0 unspecified atom stereocenters. The highest BCUT2D eigenvalue weighted by Crippen LogP contribution is 2.36. The summed E-state index contributed by atoms with van der Waals surface area (Å²) in [6.45, 7) is 0.873. The van der Waals surface area contributed by atoms with E-state index in [4.69, 9.17) is 14.2 Å². The van der Waals surface area contributed by atoms with Crippen molar-refractivity contribution < 1.29 is 19.0 Å². The number of carbonyl (C=O) groups excluding carboxylic acids is 1. The zero-order valence-electron chi connectivity index (χ0n) is 9.36. The maximum Gasteiger partial charge on any atom is 0.161 e. The van der Waals surface area contributed by atoms with Gasteiger partial charge in [0, 0.05) is 0 Å². The van der Waals surface area contributed by atoms with Crippen LogP contribution in [-0.4, -0.2) is 33.7 Å². The van der Waals surface area contributed by atoms with Crippen molar-refractivity contribution in [2.75, 3.05) is 27.4 Å². The smallest absolute Gasteiger partial charge is 0.161 e. The Morgan fingerprint density at radius 2 is 1.94 bits per heavy atom. The molecule has 1 aromatic rings. The average Bonchev–Trinajstić information content (AvgIpc) is 2.28. The molecule has 4 nitrogen and oxygen atoms in total. The van der Waals surface area contributed by atoms with Crippen molar-refractivity contribution in [2.45, 2.75) is 5.41 Å². The molecule has 1 aromatic carbocycles. The first kappa shape index (κ1) is 11.0. The highest BCUT2D eigenvalue weighted by atomic mass is 16.5. The SMILES string of the molecule is COc1ccc(C2(C=O)COC2)cc1OC. The predicted molar refractivity (Wildman–Crippen MR) is 58.1 cm³/mol. The Bertz CT molecular complexity index is 396. The lowest BCUT2D eigenvalue weighted by Crippen LogP contribution is -2.48. The molecule has 0 aliphatic carbocycles. The van der Waals surface area contributed by atoms with E-state index in [1.54, 1.807) is 20.3 Å². The summed E-state index contributed by atoms with van der Waals surface area (Å²) in [5.74, 6) is 1.29. The van der Waals surface area contributed by atoms with Crippen molar-refractivity contribution in [2.24, 2.45) is 0 Å². The average molecular weight is 222 g/mol. The Morgan fingerprint density at radius 1 is 1.25 bits per heavy atom. The van der Waals surface area contributed by atoms with Gasteiger partial charge in [-0.3, -0.25) is 0 Å². The molecule has 1 aliphatic rings. The van der Waals surface area contributed by atoms with E-state index in [1.807, 2.05) is 12.1 Å². The molecule has 1 heterocycles. The second-order valence-corrected chi connectivity index (χ2v) is 3.84. The van der Waals surface area contributed by atoms with Gasteiger partial charge in [-0.05, 0) is 17.7 Å². The molecule has 0 radical (unpaired) electrons. The Kier molecular flexibility index (Phi) is 2.83. The molecule has 0 saturated carbocycles. The molecule has 0 amide bonds. The number of aldehydes is 1. The Labute approximate surface area is 94.1 Å². The van der Waals surface area contributed by atoms with E-state index in [-0.39, 0.29) is 0 Å². The monoisotopic (exact) mass is 222 g/mol. The molecule has 4 heteroatoms. The minimum atomic E-state index is -0.500. The lowest BCUT2D eigenvalue weighted by atomic mass is 9.80. The van der Waals surface area contributed by atoms with Gasteiger partial charge in [0.1, 0.15) is 6.29 Å². The third-order valence-corrected chi connectivity index (χ3v) is 2.90. The number of hydrogen-bond acceptors (Lipinski definition) is 4. The highest BCUT2D eigenvalue weighted by molar-refractivity contribution is 5.71. The van der Waals surface area contributed by atoms with E-state index < -0.39 is 5.41 Å². The number of benzene rings is 1. The zero-order chi connectivity index (χ0) is 11.6. The second kappa shape index (κ2) is 4.14. The predicted octanol–water partition coefficient (Wildman–Crippen LogP) is 1.17. The van der Waals surface area contributed by atoms with Gasteiger partial charge in [0.05, 0.1) is 32.8 Å². The van der Waals surface area contributed by atoms with Crippen LogP contribution in [-0.2, 0) is 14.9 Å². The van der Waals surface area contributed by atoms with Crippen molar-refractivity contribution in [3.8, 4) is 11.5 Å². The van der Waals surface area contributed by atoms with Crippen LogP contribution in [0, 0.1) is 0 Å². The number of ether oxygens (including phenoxy) is 3. The fourth-order valence-electron chi connectivity index (χ4n) is 1.77. The molecule has 86 valence electrons.